The van der Waals surface area contributed by atoms with Crippen LogP contribution in [0, 0.1) is 0 Å². The molecule has 2 aromatic carbocycles. The first-order valence-electron chi connectivity index (χ1n) is 9.23. The number of carbonyl (C=O) groups excluding carboxylic acids is 1. The highest BCUT2D eigenvalue weighted by atomic mass is 79.9. The van der Waals surface area contributed by atoms with E-state index in [4.69, 9.17) is 21.1 Å². The molecule has 0 spiro atoms. The zero-order chi connectivity index (χ0) is 21.4. The molecule has 1 aromatic heterocycles. The van der Waals surface area contributed by atoms with E-state index in [0.717, 1.165) is 5.52 Å². The molecule has 158 valence electrons. The third-order valence-corrected chi connectivity index (χ3v) is 5.82. The summed E-state index contributed by atoms with van der Waals surface area (Å²) in [7, 11) is 0. The van der Waals surface area contributed by atoms with E-state index in [1.807, 2.05) is 4.57 Å². The molecule has 0 bridgehead atoms. The van der Waals surface area contributed by atoms with Crippen LogP contribution in [0.1, 0.15) is 36.8 Å². The van der Waals surface area contributed by atoms with Gasteiger partial charge >= 0.3 is 12.7 Å². The van der Waals surface area contributed by atoms with Gasteiger partial charge in [-0.2, -0.15) is 8.78 Å². The number of rotatable bonds is 5. The monoisotopic (exact) mass is 499 g/mol. The Hall–Kier alpha value is -2.39. The van der Waals surface area contributed by atoms with Gasteiger partial charge in [0.2, 0.25) is 0 Å². The molecule has 0 saturated carbocycles. The number of nitrogens with zero attached hydrogens (tertiary/aromatic N) is 2. The summed E-state index contributed by atoms with van der Waals surface area (Å²) in [5.41, 5.74) is 1.94. The fraction of sp³-hybridized carbons (Fsp3) is 0.300. The van der Waals surface area contributed by atoms with Gasteiger partial charge in [-0.25, -0.2) is 9.78 Å². The van der Waals surface area contributed by atoms with Crippen molar-refractivity contribution in [1.82, 2.24) is 14.9 Å². The molecule has 1 amide bonds. The van der Waals surface area contributed by atoms with E-state index in [0.29, 0.717) is 32.8 Å². The van der Waals surface area contributed by atoms with E-state index in [2.05, 4.69) is 26.2 Å². The Morgan fingerprint density at radius 3 is 2.93 bits per heavy atom. The number of fused-ring (bicyclic) bond motifs is 3. The van der Waals surface area contributed by atoms with Crippen molar-refractivity contribution in [3.8, 4) is 5.75 Å². The van der Waals surface area contributed by atoms with Gasteiger partial charge in [0.25, 0.3) is 0 Å². The van der Waals surface area contributed by atoms with Crippen molar-refractivity contribution in [2.24, 2.45) is 0 Å². The summed E-state index contributed by atoms with van der Waals surface area (Å²) in [5, 5.41) is 3.32. The van der Waals surface area contributed by atoms with Gasteiger partial charge in [-0.3, -0.25) is 0 Å². The van der Waals surface area contributed by atoms with Crippen molar-refractivity contribution in [1.29, 1.82) is 0 Å². The highest BCUT2D eigenvalue weighted by Gasteiger charge is 2.38. The minimum absolute atomic E-state index is 0.0518. The molecule has 1 aliphatic rings. The van der Waals surface area contributed by atoms with Crippen LogP contribution in [0.15, 0.2) is 40.9 Å². The number of amides is 1. The maximum atomic E-state index is 13.0. The van der Waals surface area contributed by atoms with Gasteiger partial charge in [-0.15, -0.1) is 0 Å². The fourth-order valence-electron chi connectivity index (χ4n) is 3.82. The Kier molecular flexibility index (Phi) is 5.84. The third-order valence-electron chi connectivity index (χ3n) is 4.89. The van der Waals surface area contributed by atoms with E-state index in [1.54, 1.807) is 37.3 Å². The quantitative estimate of drug-likeness (QED) is 0.478. The Balaban J connectivity index is 1.86. The van der Waals surface area contributed by atoms with Crippen molar-refractivity contribution in [3.63, 3.8) is 0 Å². The number of nitrogens with one attached hydrogen (secondary N) is 1. The van der Waals surface area contributed by atoms with Crippen LogP contribution < -0.4 is 10.1 Å². The number of alkyl halides is 2. The minimum atomic E-state index is -2.97. The number of imidazole rings is 1. The van der Waals surface area contributed by atoms with Crippen LogP contribution in [0.2, 0.25) is 5.02 Å². The zero-order valence-corrected chi connectivity index (χ0v) is 18.1. The maximum Gasteiger partial charge on any atom is 0.407 e. The standard InChI is InChI=1S/C20H17BrClF2N3O3/c1-2-29-20(28)26-13-9-15(17-11(21)4-3-5-16(17)30-19(23)24)27-14-8-10(22)6-7-12(14)25-18(13)27/h3-8,13,15,19H,2,9H2,1H3,(H,26,28)/t13-,15-/m1/s1. The van der Waals surface area contributed by atoms with E-state index >= 15 is 0 Å². The number of benzene rings is 2. The van der Waals surface area contributed by atoms with Crippen molar-refractivity contribution >= 4 is 44.7 Å². The number of hydrogen-bond acceptors (Lipinski definition) is 4. The first-order valence-corrected chi connectivity index (χ1v) is 10.4. The van der Waals surface area contributed by atoms with E-state index in [9.17, 15) is 13.6 Å². The second-order valence-electron chi connectivity index (χ2n) is 6.67. The molecular formula is C20H17BrClF2N3O3. The summed E-state index contributed by atoms with van der Waals surface area (Å²) < 4.78 is 38.4. The molecule has 3 aromatic rings. The van der Waals surface area contributed by atoms with Crippen molar-refractivity contribution in [3.05, 3.63) is 57.3 Å². The van der Waals surface area contributed by atoms with E-state index < -0.39 is 24.8 Å². The second-order valence-corrected chi connectivity index (χ2v) is 7.96. The van der Waals surface area contributed by atoms with Gasteiger partial charge in [0, 0.05) is 21.5 Å². The van der Waals surface area contributed by atoms with Crippen LogP contribution in [0.5, 0.6) is 5.75 Å². The van der Waals surface area contributed by atoms with Gasteiger partial charge in [-0.05, 0) is 37.3 Å². The number of carbonyl (C=O) groups is 1. The SMILES string of the molecule is CCOC(=O)N[C@@H]1C[C@H](c2c(Br)cccc2OC(F)F)n2c1nc1ccc(Cl)cc12. The van der Waals surface area contributed by atoms with E-state index in [-0.39, 0.29) is 12.4 Å². The molecule has 2 heterocycles. The summed E-state index contributed by atoms with van der Waals surface area (Å²) in [4.78, 5) is 16.7. The molecule has 0 saturated heterocycles. The number of alkyl carbamates (subject to hydrolysis) is 1. The fourth-order valence-corrected chi connectivity index (χ4v) is 4.60. The Labute approximate surface area is 184 Å². The second kappa shape index (κ2) is 8.39. The van der Waals surface area contributed by atoms with Crippen molar-refractivity contribution in [2.75, 3.05) is 6.61 Å². The molecule has 0 unspecified atom stereocenters. The average molecular weight is 501 g/mol. The molecule has 1 N–H and O–H groups in total. The predicted octanol–water partition coefficient (Wildman–Crippen LogP) is 5.83. The summed E-state index contributed by atoms with van der Waals surface area (Å²) in [6, 6.07) is 9.22. The van der Waals surface area contributed by atoms with Gasteiger partial charge in [0.05, 0.1) is 29.7 Å². The van der Waals surface area contributed by atoms with E-state index in [1.165, 1.54) is 6.07 Å². The number of hydrogen-bond donors (Lipinski definition) is 1. The number of ether oxygens (including phenoxy) is 2. The lowest BCUT2D eigenvalue weighted by Crippen LogP contribution is -2.28. The molecule has 1 aliphatic heterocycles. The summed E-state index contributed by atoms with van der Waals surface area (Å²) in [6.07, 6.45) is -0.192. The Bertz CT molecular complexity index is 1110. The predicted molar refractivity (Wildman–Crippen MR) is 111 cm³/mol. The van der Waals surface area contributed by atoms with Crippen molar-refractivity contribution in [2.45, 2.75) is 32.0 Å². The van der Waals surface area contributed by atoms with Crippen LogP contribution >= 0.6 is 27.5 Å². The highest BCUT2D eigenvalue weighted by molar-refractivity contribution is 9.10. The number of aromatic nitrogens is 2. The molecule has 30 heavy (non-hydrogen) atoms. The molecule has 0 fully saturated rings. The largest absolute Gasteiger partial charge is 0.450 e. The first kappa shape index (κ1) is 20.9. The van der Waals surface area contributed by atoms with Crippen LogP contribution in [0.4, 0.5) is 13.6 Å². The van der Waals surface area contributed by atoms with Crippen LogP contribution in [-0.4, -0.2) is 28.9 Å². The Morgan fingerprint density at radius 2 is 2.20 bits per heavy atom. The van der Waals surface area contributed by atoms with Crippen molar-refractivity contribution < 1.29 is 23.0 Å². The smallest absolute Gasteiger partial charge is 0.407 e. The maximum absolute atomic E-state index is 13.0. The molecule has 4 rings (SSSR count). The van der Waals surface area contributed by atoms with Gasteiger partial charge in [0.1, 0.15) is 11.6 Å². The summed E-state index contributed by atoms with van der Waals surface area (Å²) >= 11 is 9.67. The van der Waals surface area contributed by atoms with Crippen LogP contribution in [-0.2, 0) is 4.74 Å². The summed E-state index contributed by atoms with van der Waals surface area (Å²) in [5.74, 6) is 0.639. The lowest BCUT2D eigenvalue weighted by atomic mass is 10.0. The summed E-state index contributed by atoms with van der Waals surface area (Å²) in [6.45, 7) is -1.03. The average Bonchev–Trinajstić information content (AvgIpc) is 3.20. The first-order chi connectivity index (χ1) is 14.4. The van der Waals surface area contributed by atoms with Gasteiger partial charge in [-0.1, -0.05) is 33.6 Å². The lowest BCUT2D eigenvalue weighted by Gasteiger charge is -2.20. The Morgan fingerprint density at radius 1 is 1.40 bits per heavy atom. The van der Waals surface area contributed by atoms with Crippen LogP contribution in [0.3, 0.4) is 0 Å². The zero-order valence-electron chi connectivity index (χ0n) is 15.7. The topological polar surface area (TPSA) is 65.4 Å². The number of halogens is 4. The molecule has 6 nitrogen and oxygen atoms in total. The molecule has 0 aliphatic carbocycles. The molecule has 10 heteroatoms. The van der Waals surface area contributed by atoms with Gasteiger partial charge in [0.15, 0.2) is 0 Å². The minimum Gasteiger partial charge on any atom is -0.450 e. The van der Waals surface area contributed by atoms with Crippen LogP contribution in [0.25, 0.3) is 11.0 Å². The van der Waals surface area contributed by atoms with Gasteiger partial charge < -0.3 is 19.4 Å². The third kappa shape index (κ3) is 3.83. The molecule has 2 atom stereocenters. The lowest BCUT2D eigenvalue weighted by molar-refractivity contribution is -0.0507. The molecular weight excluding hydrogens is 484 g/mol. The molecule has 0 radical (unpaired) electrons. The normalized spacial score (nSPS) is 17.9. The highest BCUT2D eigenvalue weighted by Crippen LogP contribution is 2.46.